The second-order valence-electron chi connectivity index (χ2n) is 6.85. The van der Waals surface area contributed by atoms with Crippen LogP contribution in [0.3, 0.4) is 0 Å². The molecule has 2 aromatic heterocycles. The van der Waals surface area contributed by atoms with Crippen LogP contribution in [0.4, 0.5) is 13.2 Å². The molecule has 28 heavy (non-hydrogen) atoms. The lowest BCUT2D eigenvalue weighted by Gasteiger charge is -2.16. The summed E-state index contributed by atoms with van der Waals surface area (Å²) < 4.78 is 42.3. The number of fused-ring (bicyclic) bond motifs is 1. The van der Waals surface area contributed by atoms with E-state index in [1.807, 2.05) is 0 Å². The van der Waals surface area contributed by atoms with Crippen molar-refractivity contribution in [2.75, 3.05) is 14.1 Å². The van der Waals surface area contributed by atoms with Gasteiger partial charge in [0.05, 0.1) is 16.8 Å². The molecule has 2 heterocycles. The van der Waals surface area contributed by atoms with Crippen LogP contribution in [-0.4, -0.2) is 34.5 Å². The summed E-state index contributed by atoms with van der Waals surface area (Å²) in [5.74, 6) is -0.0798. The van der Waals surface area contributed by atoms with Gasteiger partial charge in [0.15, 0.2) is 0 Å². The number of nitrogens with zero attached hydrogens (tertiary/aromatic N) is 3. The zero-order chi connectivity index (χ0) is 20.6. The number of halogens is 4. The number of likely N-dealkylation sites (N-methyl/N-ethyl adjacent to an activating group) is 1. The van der Waals surface area contributed by atoms with Crippen LogP contribution in [0.25, 0.3) is 10.9 Å². The highest BCUT2D eigenvalue weighted by Crippen LogP contribution is 2.37. The Morgan fingerprint density at radius 1 is 1.25 bits per heavy atom. The zero-order valence-electron chi connectivity index (χ0n) is 15.6. The van der Waals surface area contributed by atoms with Crippen molar-refractivity contribution in [3.8, 4) is 0 Å². The van der Waals surface area contributed by atoms with Gasteiger partial charge in [0.2, 0.25) is 5.91 Å². The Bertz CT molecular complexity index is 1040. The third-order valence-corrected chi connectivity index (χ3v) is 4.89. The number of aromatic nitrogens is 2. The molecule has 0 unspecified atom stereocenters. The van der Waals surface area contributed by atoms with Crippen molar-refractivity contribution >= 4 is 28.4 Å². The van der Waals surface area contributed by atoms with E-state index in [0.29, 0.717) is 11.3 Å². The number of aryl methyl sites for hydroxylation is 1. The molecule has 0 radical (unpaired) electrons. The molecule has 0 atom stereocenters. The van der Waals surface area contributed by atoms with Crippen LogP contribution in [0.5, 0.6) is 0 Å². The first-order valence-electron chi connectivity index (χ1n) is 8.57. The second kappa shape index (κ2) is 7.47. The Balaban J connectivity index is 2.05. The maximum Gasteiger partial charge on any atom is 0.416 e. The molecule has 0 spiro atoms. The Labute approximate surface area is 165 Å². The van der Waals surface area contributed by atoms with E-state index in [2.05, 4.69) is 4.98 Å². The van der Waals surface area contributed by atoms with Crippen molar-refractivity contribution in [1.29, 1.82) is 0 Å². The lowest BCUT2D eigenvalue weighted by Crippen LogP contribution is -2.25. The van der Waals surface area contributed by atoms with E-state index < -0.39 is 11.7 Å². The van der Waals surface area contributed by atoms with Gasteiger partial charge in [0, 0.05) is 43.3 Å². The van der Waals surface area contributed by atoms with Gasteiger partial charge < -0.3 is 9.47 Å². The number of rotatable bonds is 4. The Morgan fingerprint density at radius 2 is 1.96 bits per heavy atom. The van der Waals surface area contributed by atoms with Gasteiger partial charge in [-0.05, 0) is 42.3 Å². The van der Waals surface area contributed by atoms with Crippen molar-refractivity contribution < 1.29 is 18.0 Å². The molecule has 0 aliphatic heterocycles. The minimum Gasteiger partial charge on any atom is -0.347 e. The van der Waals surface area contributed by atoms with Crippen LogP contribution >= 0.6 is 11.6 Å². The molecule has 8 heteroatoms. The number of benzene rings is 1. The standard InChI is InChI=1S/C20H19ClF3N3O/c1-12-8-13(21)9-16(20(22,23)24)15(12)10-17-14-5-7-27(11-19(28)26(2)3)18(14)4-6-25-17/h4-9H,10-11H2,1-3H3. The molecule has 0 saturated heterocycles. The smallest absolute Gasteiger partial charge is 0.347 e. The minimum atomic E-state index is -4.51. The van der Waals surface area contributed by atoms with Crippen molar-refractivity contribution in [3.63, 3.8) is 0 Å². The normalized spacial score (nSPS) is 11.8. The van der Waals surface area contributed by atoms with E-state index in [1.165, 1.54) is 11.0 Å². The predicted octanol–water partition coefficient (Wildman–Crippen LogP) is 4.70. The summed E-state index contributed by atoms with van der Waals surface area (Å²) in [6.07, 6.45) is -1.20. The molecule has 0 saturated carbocycles. The summed E-state index contributed by atoms with van der Waals surface area (Å²) in [5.41, 5.74) is 1.12. The van der Waals surface area contributed by atoms with E-state index in [9.17, 15) is 18.0 Å². The van der Waals surface area contributed by atoms with E-state index in [0.717, 1.165) is 17.0 Å². The number of carbonyl (C=O) groups excluding carboxylic acids is 1. The van der Waals surface area contributed by atoms with Crippen molar-refractivity contribution in [1.82, 2.24) is 14.5 Å². The molecule has 3 aromatic rings. The maximum absolute atomic E-state index is 13.5. The fourth-order valence-corrected chi connectivity index (χ4v) is 3.45. The van der Waals surface area contributed by atoms with Crippen LogP contribution in [0.1, 0.15) is 22.4 Å². The summed E-state index contributed by atoms with van der Waals surface area (Å²) in [6.45, 7) is 1.76. The lowest BCUT2D eigenvalue weighted by molar-refractivity contribution is -0.138. The molecule has 1 aromatic carbocycles. The molecule has 0 aliphatic carbocycles. The van der Waals surface area contributed by atoms with E-state index in [-0.39, 0.29) is 29.5 Å². The Hall–Kier alpha value is -2.54. The van der Waals surface area contributed by atoms with Crippen molar-refractivity contribution in [2.24, 2.45) is 0 Å². The quantitative estimate of drug-likeness (QED) is 0.626. The van der Waals surface area contributed by atoms with Gasteiger partial charge in [0.1, 0.15) is 6.54 Å². The molecule has 4 nitrogen and oxygen atoms in total. The molecule has 1 amide bonds. The molecule has 0 aliphatic rings. The van der Waals surface area contributed by atoms with Crippen LogP contribution in [0.2, 0.25) is 5.02 Å². The van der Waals surface area contributed by atoms with Crippen LogP contribution in [0, 0.1) is 6.92 Å². The topological polar surface area (TPSA) is 38.1 Å². The van der Waals surface area contributed by atoms with Gasteiger partial charge in [-0.1, -0.05) is 11.6 Å². The fourth-order valence-electron chi connectivity index (χ4n) is 3.18. The lowest BCUT2D eigenvalue weighted by atomic mass is 9.96. The van der Waals surface area contributed by atoms with Crippen LogP contribution in [-0.2, 0) is 23.9 Å². The van der Waals surface area contributed by atoms with Crippen molar-refractivity contribution in [2.45, 2.75) is 26.1 Å². The van der Waals surface area contributed by atoms with Gasteiger partial charge in [-0.25, -0.2) is 0 Å². The predicted molar refractivity (Wildman–Crippen MR) is 102 cm³/mol. The van der Waals surface area contributed by atoms with Crippen LogP contribution in [0.15, 0.2) is 36.7 Å². The maximum atomic E-state index is 13.5. The second-order valence-corrected chi connectivity index (χ2v) is 7.28. The zero-order valence-corrected chi connectivity index (χ0v) is 16.4. The van der Waals surface area contributed by atoms with Crippen molar-refractivity contribution in [3.05, 3.63) is 64.1 Å². The third-order valence-electron chi connectivity index (χ3n) is 4.67. The number of alkyl halides is 3. The Kier molecular flexibility index (Phi) is 5.39. The molecule has 0 N–H and O–H groups in total. The summed E-state index contributed by atoms with van der Waals surface area (Å²) in [4.78, 5) is 17.8. The van der Waals surface area contributed by atoms with E-state index >= 15 is 0 Å². The average Bonchev–Trinajstić information content (AvgIpc) is 3.00. The summed E-state index contributed by atoms with van der Waals surface area (Å²) in [7, 11) is 3.34. The molecular formula is C20H19ClF3N3O. The number of hydrogen-bond donors (Lipinski definition) is 0. The highest BCUT2D eigenvalue weighted by molar-refractivity contribution is 6.30. The molecular weight excluding hydrogens is 391 g/mol. The molecule has 3 rings (SSSR count). The molecule has 0 bridgehead atoms. The fraction of sp³-hybridized carbons (Fsp3) is 0.300. The first-order chi connectivity index (χ1) is 13.1. The van der Waals surface area contributed by atoms with Gasteiger partial charge in [-0.3, -0.25) is 9.78 Å². The number of carbonyl (C=O) groups is 1. The summed E-state index contributed by atoms with van der Waals surface area (Å²) in [6, 6.07) is 6.00. The Morgan fingerprint density at radius 3 is 2.61 bits per heavy atom. The average molecular weight is 410 g/mol. The largest absolute Gasteiger partial charge is 0.416 e. The van der Waals surface area contributed by atoms with E-state index in [1.54, 1.807) is 50.1 Å². The highest BCUT2D eigenvalue weighted by Gasteiger charge is 2.34. The van der Waals surface area contributed by atoms with E-state index in [4.69, 9.17) is 11.6 Å². The summed E-state index contributed by atoms with van der Waals surface area (Å²) in [5, 5.41) is 0.768. The van der Waals surface area contributed by atoms with Gasteiger partial charge in [0.25, 0.3) is 0 Å². The SMILES string of the molecule is Cc1cc(Cl)cc(C(F)(F)F)c1Cc1nccc2c1ccn2CC(=O)N(C)C. The van der Waals surface area contributed by atoms with Gasteiger partial charge in [-0.2, -0.15) is 13.2 Å². The third kappa shape index (κ3) is 3.99. The number of amides is 1. The molecule has 148 valence electrons. The first-order valence-corrected chi connectivity index (χ1v) is 8.95. The minimum absolute atomic E-state index is 0.0147. The van der Waals surface area contributed by atoms with Gasteiger partial charge >= 0.3 is 6.18 Å². The number of hydrogen-bond acceptors (Lipinski definition) is 2. The monoisotopic (exact) mass is 409 g/mol. The molecule has 0 fully saturated rings. The van der Waals surface area contributed by atoms with Gasteiger partial charge in [-0.15, -0.1) is 0 Å². The van der Waals surface area contributed by atoms with Crippen LogP contribution < -0.4 is 0 Å². The summed E-state index contributed by atoms with van der Waals surface area (Å²) >= 11 is 5.85. The highest BCUT2D eigenvalue weighted by atomic mass is 35.5. The first kappa shape index (κ1) is 20.2. The number of pyridine rings is 1.